The number of rotatable bonds is 3. The molecule has 1 N–H and O–H groups in total. The maximum absolute atomic E-state index is 13.4. The largest absolute Gasteiger partial charge is 0.487 e. The zero-order valence-corrected chi connectivity index (χ0v) is 12.3. The molecule has 0 spiro atoms. The molecule has 1 fully saturated rings. The molecule has 0 radical (unpaired) electrons. The molecule has 6 heteroatoms. The summed E-state index contributed by atoms with van der Waals surface area (Å²) in [5.41, 5.74) is -0.360. The Morgan fingerprint density at radius 3 is 2.52 bits per heavy atom. The number of amides is 1. The van der Waals surface area contributed by atoms with Gasteiger partial charge in [-0.15, -0.1) is 0 Å². The van der Waals surface area contributed by atoms with Gasteiger partial charge in [-0.3, -0.25) is 0 Å². The quantitative estimate of drug-likeness (QED) is 0.930. The topological polar surface area (TPSA) is 47.6 Å². The van der Waals surface area contributed by atoms with E-state index in [4.69, 9.17) is 9.47 Å². The second-order valence-electron chi connectivity index (χ2n) is 6.17. The van der Waals surface area contributed by atoms with Crippen LogP contribution in [0.25, 0.3) is 0 Å². The van der Waals surface area contributed by atoms with Gasteiger partial charge in [0.15, 0.2) is 11.6 Å². The second-order valence-corrected chi connectivity index (χ2v) is 6.17. The lowest BCUT2D eigenvalue weighted by molar-refractivity contribution is -0.0258. The van der Waals surface area contributed by atoms with Crippen molar-refractivity contribution in [2.24, 2.45) is 0 Å². The molecule has 1 amide bonds. The molecule has 21 heavy (non-hydrogen) atoms. The highest BCUT2D eigenvalue weighted by atomic mass is 19.2. The molecule has 1 saturated carbocycles. The zero-order chi connectivity index (χ0) is 15.6. The van der Waals surface area contributed by atoms with Crippen LogP contribution < -0.4 is 10.1 Å². The van der Waals surface area contributed by atoms with E-state index in [1.165, 1.54) is 12.1 Å². The molecule has 1 aromatic carbocycles. The molecule has 1 aromatic rings. The van der Waals surface area contributed by atoms with Crippen LogP contribution in [0, 0.1) is 11.6 Å². The van der Waals surface area contributed by atoms with Gasteiger partial charge in [-0.25, -0.2) is 9.18 Å². The highest BCUT2D eigenvalue weighted by Gasteiger charge is 2.35. The number of carbonyl (C=O) groups excluding carboxylic acids is 1. The summed E-state index contributed by atoms with van der Waals surface area (Å²) >= 11 is 0. The lowest BCUT2D eigenvalue weighted by Crippen LogP contribution is -2.46. The van der Waals surface area contributed by atoms with Gasteiger partial charge in [-0.1, -0.05) is 6.07 Å². The third-order valence-electron chi connectivity index (χ3n) is 3.01. The molecule has 1 aliphatic rings. The normalized spacial score (nSPS) is 21.4. The van der Waals surface area contributed by atoms with E-state index in [1.54, 1.807) is 0 Å². The van der Waals surface area contributed by atoms with E-state index in [-0.39, 0.29) is 23.5 Å². The van der Waals surface area contributed by atoms with Crippen molar-refractivity contribution in [2.45, 2.75) is 51.4 Å². The summed E-state index contributed by atoms with van der Waals surface area (Å²) in [6, 6.07) is 3.79. The van der Waals surface area contributed by atoms with Crippen molar-refractivity contribution in [3.8, 4) is 5.75 Å². The van der Waals surface area contributed by atoms with Gasteiger partial charge in [-0.2, -0.15) is 4.39 Å². The minimum Gasteiger partial charge on any atom is -0.487 e. The summed E-state index contributed by atoms with van der Waals surface area (Å²) in [4.78, 5) is 11.5. The number of benzene rings is 1. The lowest BCUT2D eigenvalue weighted by Gasteiger charge is -2.35. The first-order chi connectivity index (χ1) is 9.74. The number of ether oxygens (including phenoxy) is 2. The van der Waals surface area contributed by atoms with Crippen LogP contribution in [0.5, 0.6) is 5.75 Å². The molecule has 1 aliphatic carbocycles. The molecule has 0 aromatic heterocycles. The summed E-state index contributed by atoms with van der Waals surface area (Å²) in [5.74, 6) is -2.05. The van der Waals surface area contributed by atoms with E-state index in [2.05, 4.69) is 5.32 Å². The molecular weight excluding hydrogens is 280 g/mol. The molecular formula is C15H19F2NO3. The second kappa shape index (κ2) is 5.87. The molecule has 0 bridgehead atoms. The van der Waals surface area contributed by atoms with Gasteiger partial charge in [0.25, 0.3) is 0 Å². The van der Waals surface area contributed by atoms with E-state index < -0.39 is 17.7 Å². The number of hydrogen-bond acceptors (Lipinski definition) is 3. The Hall–Kier alpha value is -1.85. The standard InChI is InChI=1S/C15H19F2NO3/c1-15(2,3)18-14(19)21-10-7-9(8-10)20-12-6-4-5-11(16)13(12)17/h4-6,9-10H,7-8H2,1-3H3,(H,18,19). The Kier molecular flexibility index (Phi) is 4.34. The summed E-state index contributed by atoms with van der Waals surface area (Å²) in [6.07, 6.45) is -0.0771. The molecule has 116 valence electrons. The summed E-state index contributed by atoms with van der Waals surface area (Å²) in [5, 5.41) is 2.69. The molecule has 4 nitrogen and oxygen atoms in total. The van der Waals surface area contributed by atoms with E-state index in [0.717, 1.165) is 6.07 Å². The van der Waals surface area contributed by atoms with E-state index in [0.29, 0.717) is 12.8 Å². The monoisotopic (exact) mass is 299 g/mol. The van der Waals surface area contributed by atoms with Crippen molar-refractivity contribution in [1.29, 1.82) is 0 Å². The van der Waals surface area contributed by atoms with Crippen LogP contribution in [-0.4, -0.2) is 23.8 Å². The van der Waals surface area contributed by atoms with Crippen molar-refractivity contribution in [1.82, 2.24) is 5.32 Å². The minimum atomic E-state index is -0.993. The fraction of sp³-hybridized carbons (Fsp3) is 0.533. The van der Waals surface area contributed by atoms with Crippen LogP contribution in [0.3, 0.4) is 0 Å². The van der Waals surface area contributed by atoms with E-state index in [1.807, 2.05) is 20.8 Å². The van der Waals surface area contributed by atoms with Crippen molar-refractivity contribution >= 4 is 6.09 Å². The van der Waals surface area contributed by atoms with Crippen molar-refractivity contribution in [3.63, 3.8) is 0 Å². The Labute approximate surface area is 122 Å². The number of halogens is 2. The molecule has 0 atom stereocenters. The van der Waals surface area contributed by atoms with Crippen LogP contribution in [-0.2, 0) is 4.74 Å². The van der Waals surface area contributed by atoms with Gasteiger partial charge >= 0.3 is 6.09 Å². The van der Waals surface area contributed by atoms with Gasteiger partial charge in [0, 0.05) is 18.4 Å². The SMILES string of the molecule is CC(C)(C)NC(=O)OC1CC(Oc2cccc(F)c2F)C1. The Bertz CT molecular complexity index is 522. The maximum atomic E-state index is 13.4. The lowest BCUT2D eigenvalue weighted by atomic mass is 9.92. The van der Waals surface area contributed by atoms with Gasteiger partial charge in [0.05, 0.1) is 0 Å². The maximum Gasteiger partial charge on any atom is 0.407 e. The van der Waals surface area contributed by atoms with Crippen molar-refractivity contribution in [2.75, 3.05) is 0 Å². The van der Waals surface area contributed by atoms with Crippen LogP contribution in [0.4, 0.5) is 13.6 Å². The molecule has 2 rings (SSSR count). The highest BCUT2D eigenvalue weighted by Crippen LogP contribution is 2.30. The average Bonchev–Trinajstić information content (AvgIpc) is 2.29. The molecule has 0 aliphatic heterocycles. The predicted molar refractivity (Wildman–Crippen MR) is 73.2 cm³/mol. The van der Waals surface area contributed by atoms with Crippen molar-refractivity contribution < 1.29 is 23.0 Å². The molecule has 0 unspecified atom stereocenters. The molecule has 0 saturated heterocycles. The van der Waals surface area contributed by atoms with Crippen LogP contribution in [0.15, 0.2) is 18.2 Å². The van der Waals surface area contributed by atoms with Crippen LogP contribution >= 0.6 is 0 Å². The number of hydrogen-bond donors (Lipinski definition) is 1. The first kappa shape index (κ1) is 15.5. The zero-order valence-electron chi connectivity index (χ0n) is 12.3. The Balaban J connectivity index is 1.77. The Morgan fingerprint density at radius 2 is 1.90 bits per heavy atom. The van der Waals surface area contributed by atoms with Gasteiger partial charge in [0.1, 0.15) is 12.2 Å². The average molecular weight is 299 g/mol. The fourth-order valence-electron chi connectivity index (χ4n) is 1.95. The van der Waals surface area contributed by atoms with E-state index in [9.17, 15) is 13.6 Å². The first-order valence-electron chi connectivity index (χ1n) is 6.84. The highest BCUT2D eigenvalue weighted by molar-refractivity contribution is 5.68. The molecule has 0 heterocycles. The first-order valence-corrected chi connectivity index (χ1v) is 6.84. The van der Waals surface area contributed by atoms with Crippen molar-refractivity contribution in [3.05, 3.63) is 29.8 Å². The van der Waals surface area contributed by atoms with Crippen LogP contribution in [0.2, 0.25) is 0 Å². The van der Waals surface area contributed by atoms with Gasteiger partial charge in [-0.05, 0) is 32.9 Å². The fourth-order valence-corrected chi connectivity index (χ4v) is 1.95. The summed E-state index contributed by atoms with van der Waals surface area (Å²) in [6.45, 7) is 5.56. The summed E-state index contributed by atoms with van der Waals surface area (Å²) in [7, 11) is 0. The third-order valence-corrected chi connectivity index (χ3v) is 3.01. The van der Waals surface area contributed by atoms with E-state index >= 15 is 0 Å². The van der Waals surface area contributed by atoms with Gasteiger partial charge < -0.3 is 14.8 Å². The number of carbonyl (C=O) groups is 1. The van der Waals surface area contributed by atoms with Gasteiger partial charge in [0.2, 0.25) is 5.82 Å². The third kappa shape index (κ3) is 4.31. The minimum absolute atomic E-state index is 0.113. The smallest absolute Gasteiger partial charge is 0.407 e. The summed E-state index contributed by atoms with van der Waals surface area (Å²) < 4.78 is 37.0. The number of nitrogens with one attached hydrogen (secondary N) is 1. The van der Waals surface area contributed by atoms with Crippen LogP contribution in [0.1, 0.15) is 33.6 Å². The Morgan fingerprint density at radius 1 is 1.24 bits per heavy atom. The predicted octanol–water partition coefficient (Wildman–Crippen LogP) is 3.40. The number of alkyl carbamates (subject to hydrolysis) is 1.